The summed E-state index contributed by atoms with van der Waals surface area (Å²) in [5, 5.41) is 21.9. The minimum Gasteiger partial charge on any atom is -0.454 e. The summed E-state index contributed by atoms with van der Waals surface area (Å²) in [4.78, 5) is 28.8. The number of rotatable bonds is 5. The molecule has 2 aliphatic rings. The molecule has 0 radical (unpaired) electrons. The van der Waals surface area contributed by atoms with Gasteiger partial charge in [-0.15, -0.1) is 5.10 Å². The van der Waals surface area contributed by atoms with Gasteiger partial charge in [-0.2, -0.15) is 4.98 Å². The quantitative estimate of drug-likeness (QED) is 0.305. The number of benzene rings is 3. The summed E-state index contributed by atoms with van der Waals surface area (Å²) >= 11 is 0. The van der Waals surface area contributed by atoms with Gasteiger partial charge in [0.05, 0.1) is 10.5 Å². The normalized spacial score (nSPS) is 15.6. The molecule has 0 saturated heterocycles. The summed E-state index contributed by atoms with van der Waals surface area (Å²) in [6, 6.07) is 20.1. The molecule has 11 heteroatoms. The number of para-hydroxylation sites is 1. The van der Waals surface area contributed by atoms with Crippen LogP contribution in [-0.4, -0.2) is 32.4 Å². The average molecular weight is 496 g/mol. The van der Waals surface area contributed by atoms with E-state index in [1.807, 2.05) is 49.4 Å². The predicted molar refractivity (Wildman–Crippen MR) is 134 cm³/mol. The van der Waals surface area contributed by atoms with Gasteiger partial charge in [-0.3, -0.25) is 14.9 Å². The second-order valence-electron chi connectivity index (χ2n) is 8.51. The third kappa shape index (κ3) is 4.01. The van der Waals surface area contributed by atoms with E-state index in [1.165, 1.54) is 12.1 Å². The van der Waals surface area contributed by atoms with Crippen molar-refractivity contribution in [2.75, 3.05) is 17.4 Å². The van der Waals surface area contributed by atoms with Crippen LogP contribution in [0.5, 0.6) is 11.5 Å². The molecule has 3 heterocycles. The van der Waals surface area contributed by atoms with Crippen molar-refractivity contribution < 1.29 is 19.2 Å². The molecule has 11 nitrogen and oxygen atoms in total. The molecule has 0 bridgehead atoms. The molecule has 1 aromatic heterocycles. The number of allylic oxidation sites excluding steroid dienone is 1. The van der Waals surface area contributed by atoms with Crippen molar-refractivity contribution in [3.8, 4) is 22.9 Å². The molecule has 184 valence electrons. The monoisotopic (exact) mass is 496 g/mol. The van der Waals surface area contributed by atoms with E-state index in [2.05, 4.69) is 15.6 Å². The van der Waals surface area contributed by atoms with Crippen LogP contribution in [0, 0.1) is 10.1 Å². The topological polar surface area (TPSA) is 133 Å². The number of carbonyl (C=O) groups is 1. The Morgan fingerprint density at radius 2 is 1.84 bits per heavy atom. The van der Waals surface area contributed by atoms with Gasteiger partial charge in [0.2, 0.25) is 12.7 Å². The number of aromatic nitrogens is 3. The van der Waals surface area contributed by atoms with Gasteiger partial charge < -0.3 is 20.1 Å². The van der Waals surface area contributed by atoms with Crippen LogP contribution < -0.4 is 20.1 Å². The number of amides is 1. The third-order valence-corrected chi connectivity index (χ3v) is 6.18. The first-order valence-electron chi connectivity index (χ1n) is 11.4. The minimum absolute atomic E-state index is 0.0264. The van der Waals surface area contributed by atoms with E-state index in [-0.39, 0.29) is 18.4 Å². The first-order chi connectivity index (χ1) is 18.0. The second kappa shape index (κ2) is 8.79. The first-order valence-corrected chi connectivity index (χ1v) is 11.4. The molecule has 1 atom stereocenters. The van der Waals surface area contributed by atoms with Crippen LogP contribution in [0.25, 0.3) is 11.4 Å². The molecule has 2 aliphatic heterocycles. The highest BCUT2D eigenvalue weighted by atomic mass is 16.7. The standard InChI is InChI=1S/C26H20N6O5/c1-15-22(25(33)28-18-5-3-2-4-6-18)23(17-9-12-20-21(13-17)37-14-36-20)31-26(27-15)29-24(30-31)16-7-10-19(11-8-16)32(34)35/h2-13,23H,14H2,1H3,(H,28,33)(H,27,29,30). The summed E-state index contributed by atoms with van der Waals surface area (Å²) in [7, 11) is 0. The number of hydrogen-bond donors (Lipinski definition) is 2. The van der Waals surface area contributed by atoms with Crippen LogP contribution in [0.2, 0.25) is 0 Å². The van der Waals surface area contributed by atoms with E-state index >= 15 is 0 Å². The summed E-state index contributed by atoms with van der Waals surface area (Å²) in [5.74, 6) is 1.70. The van der Waals surface area contributed by atoms with Gasteiger partial charge in [-0.1, -0.05) is 24.3 Å². The number of carbonyl (C=O) groups excluding carboxylic acids is 1. The number of fused-ring (bicyclic) bond motifs is 2. The Morgan fingerprint density at radius 1 is 1.08 bits per heavy atom. The van der Waals surface area contributed by atoms with Crippen molar-refractivity contribution in [3.63, 3.8) is 0 Å². The summed E-state index contributed by atoms with van der Waals surface area (Å²) in [6.45, 7) is 1.93. The van der Waals surface area contributed by atoms with Crippen LogP contribution in [-0.2, 0) is 4.79 Å². The van der Waals surface area contributed by atoms with E-state index in [9.17, 15) is 14.9 Å². The molecule has 4 aromatic rings. The fraction of sp³-hybridized carbons (Fsp3) is 0.115. The largest absolute Gasteiger partial charge is 0.454 e. The number of nitrogens with one attached hydrogen (secondary N) is 2. The fourth-order valence-corrected chi connectivity index (χ4v) is 4.41. The van der Waals surface area contributed by atoms with Crippen molar-refractivity contribution >= 4 is 23.2 Å². The van der Waals surface area contributed by atoms with Crippen molar-refractivity contribution in [2.24, 2.45) is 0 Å². The first kappa shape index (κ1) is 22.3. The van der Waals surface area contributed by atoms with Crippen molar-refractivity contribution in [2.45, 2.75) is 13.0 Å². The number of anilines is 2. The van der Waals surface area contributed by atoms with E-state index in [0.29, 0.717) is 45.8 Å². The van der Waals surface area contributed by atoms with Crippen LogP contribution in [0.15, 0.2) is 84.1 Å². The highest BCUT2D eigenvalue weighted by Crippen LogP contribution is 2.41. The van der Waals surface area contributed by atoms with Gasteiger partial charge >= 0.3 is 0 Å². The Morgan fingerprint density at radius 3 is 2.59 bits per heavy atom. The number of ether oxygens (including phenoxy) is 2. The smallest absolute Gasteiger partial charge is 0.269 e. The van der Waals surface area contributed by atoms with Crippen LogP contribution in [0.1, 0.15) is 18.5 Å². The lowest BCUT2D eigenvalue weighted by atomic mass is 9.94. The highest BCUT2D eigenvalue weighted by molar-refractivity contribution is 6.06. The van der Waals surface area contributed by atoms with Crippen LogP contribution >= 0.6 is 0 Å². The molecule has 1 amide bonds. The number of nitro groups is 1. The molecule has 1 unspecified atom stereocenters. The SMILES string of the molecule is CC1=C(C(=O)Nc2ccccc2)C(c2ccc3c(c2)OCO3)n2nc(-c3ccc([N+](=O)[O-])cc3)nc2N1. The summed E-state index contributed by atoms with van der Waals surface area (Å²) in [5.41, 5.74) is 3.06. The summed E-state index contributed by atoms with van der Waals surface area (Å²) in [6.07, 6.45) is 0. The van der Waals surface area contributed by atoms with E-state index < -0.39 is 11.0 Å². The average Bonchev–Trinajstić information content (AvgIpc) is 3.55. The van der Waals surface area contributed by atoms with Gasteiger partial charge in [0.1, 0.15) is 6.04 Å². The maximum Gasteiger partial charge on any atom is 0.269 e. The Bertz CT molecular complexity index is 1560. The lowest BCUT2D eigenvalue weighted by Crippen LogP contribution is -2.31. The van der Waals surface area contributed by atoms with Gasteiger partial charge in [-0.05, 0) is 48.9 Å². The third-order valence-electron chi connectivity index (χ3n) is 6.18. The molecular formula is C26H20N6O5. The van der Waals surface area contributed by atoms with Crippen molar-refractivity contribution in [3.05, 3.63) is 99.7 Å². The molecule has 3 aromatic carbocycles. The molecule has 0 fully saturated rings. The molecule has 0 saturated carbocycles. The van der Waals surface area contributed by atoms with Gasteiger partial charge in [0, 0.05) is 29.1 Å². The maximum absolute atomic E-state index is 13.6. The zero-order chi connectivity index (χ0) is 25.5. The number of nitrogens with zero attached hydrogens (tertiary/aromatic N) is 4. The maximum atomic E-state index is 13.6. The zero-order valence-corrected chi connectivity index (χ0v) is 19.5. The number of hydrogen-bond acceptors (Lipinski definition) is 8. The molecule has 37 heavy (non-hydrogen) atoms. The Hall–Kier alpha value is -5.19. The number of nitro benzene ring substituents is 1. The zero-order valence-electron chi connectivity index (χ0n) is 19.5. The van der Waals surface area contributed by atoms with Crippen molar-refractivity contribution in [1.29, 1.82) is 0 Å². The Balaban J connectivity index is 1.44. The van der Waals surface area contributed by atoms with Gasteiger partial charge in [-0.25, -0.2) is 4.68 Å². The second-order valence-corrected chi connectivity index (χ2v) is 8.51. The summed E-state index contributed by atoms with van der Waals surface area (Å²) < 4.78 is 12.7. The predicted octanol–water partition coefficient (Wildman–Crippen LogP) is 4.51. The molecule has 6 rings (SSSR count). The molecule has 2 N–H and O–H groups in total. The van der Waals surface area contributed by atoms with E-state index in [0.717, 1.165) is 5.56 Å². The Labute approximate surface area is 210 Å². The molecule has 0 aliphatic carbocycles. The highest BCUT2D eigenvalue weighted by Gasteiger charge is 2.35. The number of non-ortho nitro benzene ring substituents is 1. The fourth-order valence-electron chi connectivity index (χ4n) is 4.41. The van der Waals surface area contributed by atoms with Crippen LogP contribution in [0.3, 0.4) is 0 Å². The van der Waals surface area contributed by atoms with Crippen molar-refractivity contribution in [1.82, 2.24) is 14.8 Å². The van der Waals surface area contributed by atoms with Gasteiger partial charge in [0.15, 0.2) is 17.3 Å². The minimum atomic E-state index is -0.631. The molecular weight excluding hydrogens is 476 g/mol. The lowest BCUT2D eigenvalue weighted by Gasteiger charge is -2.28. The van der Waals surface area contributed by atoms with E-state index in [1.54, 1.807) is 22.9 Å². The lowest BCUT2D eigenvalue weighted by molar-refractivity contribution is -0.384. The molecule has 0 spiro atoms. The van der Waals surface area contributed by atoms with Gasteiger partial charge in [0.25, 0.3) is 11.6 Å². The van der Waals surface area contributed by atoms with Crippen LogP contribution in [0.4, 0.5) is 17.3 Å². The van der Waals surface area contributed by atoms with E-state index in [4.69, 9.17) is 14.6 Å². The Kier molecular flexibility index (Phi) is 5.29.